The van der Waals surface area contributed by atoms with E-state index in [1.165, 1.54) is 13.2 Å². The summed E-state index contributed by atoms with van der Waals surface area (Å²) in [5.74, 6) is -0.894. The van der Waals surface area contributed by atoms with Crippen molar-refractivity contribution in [3.05, 3.63) is 53.4 Å². The van der Waals surface area contributed by atoms with E-state index in [0.29, 0.717) is 18.6 Å². The highest BCUT2D eigenvalue weighted by molar-refractivity contribution is 5.98. The number of rotatable bonds is 15. The Hall–Kier alpha value is -3.53. The second-order valence-electron chi connectivity index (χ2n) is 10.9. The average molecular weight is 541 g/mol. The van der Waals surface area contributed by atoms with Crippen LogP contribution >= 0.6 is 0 Å². The second kappa shape index (κ2) is 13.5. The predicted molar refractivity (Wildman–Crippen MR) is 145 cm³/mol. The summed E-state index contributed by atoms with van der Waals surface area (Å²) in [4.78, 5) is 52.8. The smallest absolute Gasteiger partial charge is 0.274 e. The number of carbonyl (C=O) groups is 4. The predicted octanol–water partition coefficient (Wildman–Crippen LogP) is 2.61. The highest BCUT2D eigenvalue weighted by atomic mass is 16.5. The number of hydrogen-bond acceptors (Lipinski definition) is 7. The lowest BCUT2D eigenvalue weighted by molar-refractivity contribution is -0.133. The Balaban J connectivity index is 1.77. The number of aromatic nitrogens is 1. The lowest BCUT2D eigenvalue weighted by Gasteiger charge is -2.27. The van der Waals surface area contributed by atoms with Gasteiger partial charge >= 0.3 is 0 Å². The average Bonchev–Trinajstić information content (AvgIpc) is 3.47. The number of nitrogens with zero attached hydrogens (tertiary/aromatic N) is 1. The van der Waals surface area contributed by atoms with Crippen LogP contribution in [0.25, 0.3) is 0 Å². The van der Waals surface area contributed by atoms with Crippen LogP contribution in [-0.2, 0) is 32.0 Å². The van der Waals surface area contributed by atoms with Crippen LogP contribution in [0, 0.1) is 11.3 Å². The van der Waals surface area contributed by atoms with Crippen LogP contribution in [-0.4, -0.2) is 60.5 Å². The fourth-order valence-corrected chi connectivity index (χ4v) is 4.33. The molecule has 1 aromatic heterocycles. The number of amides is 3. The third-order valence-electron chi connectivity index (χ3n) is 6.95. The molecule has 39 heavy (non-hydrogen) atoms. The molecule has 1 heterocycles. The van der Waals surface area contributed by atoms with Gasteiger partial charge in [-0.25, -0.2) is 0 Å². The molecule has 2 aromatic rings. The largest absolute Gasteiger partial charge is 0.382 e. The number of nitrogens with one attached hydrogen (secondary N) is 3. The Morgan fingerprint density at radius 2 is 1.64 bits per heavy atom. The molecular weight excluding hydrogens is 500 g/mol. The van der Waals surface area contributed by atoms with E-state index in [-0.39, 0.29) is 30.4 Å². The van der Waals surface area contributed by atoms with Crippen molar-refractivity contribution in [3.63, 3.8) is 0 Å². The van der Waals surface area contributed by atoms with Gasteiger partial charge in [-0.05, 0) is 30.7 Å². The molecule has 1 aliphatic carbocycles. The van der Waals surface area contributed by atoms with Gasteiger partial charge in [0, 0.05) is 31.4 Å². The van der Waals surface area contributed by atoms with E-state index in [1.807, 2.05) is 58.0 Å². The van der Waals surface area contributed by atoms with E-state index in [1.54, 1.807) is 0 Å². The zero-order chi connectivity index (χ0) is 28.6. The first-order chi connectivity index (χ1) is 18.6. The molecule has 10 nitrogen and oxygen atoms in total. The standard InChI is InChI=1S/C29H40N4O6/c1-6-20-16-23(33-39-20)27(36)32-24(17-38-5)28(37)31-22(15-19-10-8-7-9-11-19)26(35)30-21(14-18(2)3)25(34)29(4)12-13-29/h7-11,16,18,21-22,24H,6,12-15,17H2,1-5H3,(H,30,35)(H,31,37)(H,32,36)/t21-,22-,24-/m0/s1. The minimum absolute atomic E-state index is 0.0259. The normalized spacial score (nSPS) is 16.2. The minimum Gasteiger partial charge on any atom is -0.382 e. The van der Waals surface area contributed by atoms with E-state index in [0.717, 1.165) is 18.4 Å². The van der Waals surface area contributed by atoms with Crippen molar-refractivity contribution < 1.29 is 28.4 Å². The summed E-state index contributed by atoms with van der Waals surface area (Å²) >= 11 is 0. The number of carbonyl (C=O) groups excluding carboxylic acids is 4. The molecule has 3 amide bonds. The Labute approximate surface area is 229 Å². The van der Waals surface area contributed by atoms with Crippen LogP contribution in [0.3, 0.4) is 0 Å². The van der Waals surface area contributed by atoms with Gasteiger partial charge in [0.15, 0.2) is 11.5 Å². The first-order valence-corrected chi connectivity index (χ1v) is 13.5. The fraction of sp³-hybridized carbons (Fsp3) is 0.552. The number of ether oxygens (including phenoxy) is 1. The summed E-state index contributed by atoms with van der Waals surface area (Å²) in [6.07, 6.45) is 2.90. The van der Waals surface area contributed by atoms with Gasteiger partial charge in [-0.1, -0.05) is 63.2 Å². The zero-order valence-corrected chi connectivity index (χ0v) is 23.4. The zero-order valence-electron chi connectivity index (χ0n) is 23.4. The molecule has 0 radical (unpaired) electrons. The summed E-state index contributed by atoms with van der Waals surface area (Å²) in [7, 11) is 1.41. The van der Waals surface area contributed by atoms with Gasteiger partial charge in [-0.2, -0.15) is 0 Å². The van der Waals surface area contributed by atoms with Gasteiger partial charge in [0.2, 0.25) is 11.8 Å². The van der Waals surface area contributed by atoms with Gasteiger partial charge < -0.3 is 25.2 Å². The molecule has 1 fully saturated rings. The molecule has 0 unspecified atom stereocenters. The van der Waals surface area contributed by atoms with Gasteiger partial charge in [0.25, 0.3) is 5.91 Å². The topological polar surface area (TPSA) is 140 Å². The summed E-state index contributed by atoms with van der Waals surface area (Å²) in [5.41, 5.74) is 0.473. The lowest BCUT2D eigenvalue weighted by Crippen LogP contribution is -2.57. The fourth-order valence-electron chi connectivity index (χ4n) is 4.33. The molecule has 10 heteroatoms. The van der Waals surface area contributed by atoms with Gasteiger partial charge in [0.1, 0.15) is 17.8 Å². The van der Waals surface area contributed by atoms with Gasteiger partial charge in [-0.15, -0.1) is 0 Å². The highest BCUT2D eigenvalue weighted by Gasteiger charge is 2.48. The minimum atomic E-state index is -1.09. The number of ketones is 1. The summed E-state index contributed by atoms with van der Waals surface area (Å²) in [6, 6.07) is 8.08. The van der Waals surface area contributed by atoms with Crippen LogP contribution in [0.1, 0.15) is 68.8 Å². The molecule has 1 aliphatic rings. The highest BCUT2D eigenvalue weighted by Crippen LogP contribution is 2.47. The van der Waals surface area contributed by atoms with Crippen LogP contribution in [0.15, 0.2) is 40.9 Å². The maximum Gasteiger partial charge on any atom is 0.274 e. The first kappa shape index (κ1) is 30.0. The van der Waals surface area contributed by atoms with Crippen molar-refractivity contribution in [2.75, 3.05) is 13.7 Å². The maximum absolute atomic E-state index is 13.6. The molecule has 212 valence electrons. The molecule has 0 bridgehead atoms. The summed E-state index contributed by atoms with van der Waals surface area (Å²) < 4.78 is 10.3. The Kier molecular flexibility index (Phi) is 10.4. The van der Waals surface area contributed by atoms with E-state index in [9.17, 15) is 19.2 Å². The number of aryl methyl sites for hydroxylation is 1. The number of benzene rings is 1. The SMILES string of the molecule is CCc1cc(C(=O)N[C@@H](COC)C(=O)N[C@@H](Cc2ccccc2)C(=O)N[C@@H](CC(C)C)C(=O)C2(C)CC2)no1. The summed E-state index contributed by atoms with van der Waals surface area (Å²) in [5, 5.41) is 12.1. The van der Waals surface area contributed by atoms with Crippen molar-refractivity contribution in [1.29, 1.82) is 0 Å². The maximum atomic E-state index is 13.6. The van der Waals surface area contributed by atoms with Crippen LogP contribution < -0.4 is 16.0 Å². The van der Waals surface area contributed by atoms with Crippen molar-refractivity contribution in [2.24, 2.45) is 11.3 Å². The monoisotopic (exact) mass is 540 g/mol. The molecule has 0 saturated heterocycles. The van der Waals surface area contributed by atoms with Gasteiger partial charge in [0.05, 0.1) is 12.6 Å². The third-order valence-corrected chi connectivity index (χ3v) is 6.95. The molecule has 1 saturated carbocycles. The number of methoxy groups -OCH3 is 1. The number of hydrogen-bond donors (Lipinski definition) is 3. The van der Waals surface area contributed by atoms with Gasteiger partial charge in [-0.3, -0.25) is 19.2 Å². The molecule has 0 aliphatic heterocycles. The quantitative estimate of drug-likeness (QED) is 0.315. The summed E-state index contributed by atoms with van der Waals surface area (Å²) in [6.45, 7) is 7.67. The van der Waals surface area contributed by atoms with E-state index in [2.05, 4.69) is 21.1 Å². The first-order valence-electron chi connectivity index (χ1n) is 13.5. The molecule has 3 N–H and O–H groups in total. The molecule has 0 spiro atoms. The molecular formula is C29H40N4O6. The number of Topliss-reactive ketones (excluding diaryl/α,β-unsaturated/α-hetero) is 1. The molecule has 1 aromatic carbocycles. The lowest BCUT2D eigenvalue weighted by atomic mass is 9.91. The molecule has 3 atom stereocenters. The van der Waals surface area contributed by atoms with Crippen molar-refractivity contribution >= 4 is 23.5 Å². The van der Waals surface area contributed by atoms with E-state index >= 15 is 0 Å². The van der Waals surface area contributed by atoms with E-state index in [4.69, 9.17) is 9.26 Å². The van der Waals surface area contributed by atoms with Crippen LogP contribution in [0.5, 0.6) is 0 Å². The van der Waals surface area contributed by atoms with Crippen molar-refractivity contribution in [2.45, 2.75) is 77.9 Å². The van der Waals surface area contributed by atoms with Crippen molar-refractivity contribution in [3.8, 4) is 0 Å². The Morgan fingerprint density at radius 1 is 1.00 bits per heavy atom. The van der Waals surface area contributed by atoms with E-state index < -0.39 is 41.3 Å². The Bertz CT molecular complexity index is 1140. The molecule has 3 rings (SSSR count). The second-order valence-corrected chi connectivity index (χ2v) is 10.9. The van der Waals surface area contributed by atoms with Crippen LogP contribution in [0.2, 0.25) is 0 Å². The van der Waals surface area contributed by atoms with Crippen molar-refractivity contribution in [1.82, 2.24) is 21.1 Å². The van der Waals surface area contributed by atoms with Crippen LogP contribution in [0.4, 0.5) is 0 Å². The third kappa shape index (κ3) is 8.48. The Morgan fingerprint density at radius 3 is 2.21 bits per heavy atom.